The maximum atomic E-state index is 15.0. The number of carbonyl (C=O) groups excluding carboxylic acids is 1. The third kappa shape index (κ3) is 2.92. The molecule has 9 nitrogen and oxygen atoms in total. The minimum atomic E-state index is -1.82. The number of amides is 2. The molecule has 2 amide bonds. The topological polar surface area (TPSA) is 113 Å². The van der Waals surface area contributed by atoms with Crippen molar-refractivity contribution >= 4 is 28.7 Å². The molecule has 1 fully saturated rings. The molecule has 0 aliphatic carbocycles. The number of nitrogens with zero attached hydrogens (tertiary/aromatic N) is 5. The number of likely N-dealkylation sites (tertiary alicyclic amines) is 1. The summed E-state index contributed by atoms with van der Waals surface area (Å²) in [6.45, 7) is 2.69. The Kier molecular flexibility index (Phi) is 3.98. The van der Waals surface area contributed by atoms with Crippen LogP contribution in [-0.2, 0) is 10.5 Å². The number of halogens is 1. The molecule has 10 heteroatoms. The Balaban J connectivity index is 1.74. The highest BCUT2D eigenvalue weighted by molar-refractivity contribution is 5.91. The normalized spacial score (nSPS) is 15.3. The molecule has 0 saturated carbocycles. The molecule has 0 radical (unpaired) electrons. The fraction of sp³-hybridized carbons (Fsp3) is 0.278. The summed E-state index contributed by atoms with van der Waals surface area (Å²) in [7, 11) is 0. The maximum Gasteiger partial charge on any atom is 0.407 e. The van der Waals surface area contributed by atoms with Crippen LogP contribution in [0.15, 0.2) is 30.5 Å². The number of rotatable bonds is 3. The lowest BCUT2D eigenvalue weighted by Gasteiger charge is -2.42. The average molecular weight is 384 g/mol. The Morgan fingerprint density at radius 1 is 1.32 bits per heavy atom. The fourth-order valence-electron chi connectivity index (χ4n) is 3.23. The quantitative estimate of drug-likeness (QED) is 0.716. The average Bonchev–Trinajstić information content (AvgIpc) is 2.94. The first-order valence-corrected chi connectivity index (χ1v) is 8.54. The first-order valence-electron chi connectivity index (χ1n) is 8.54. The summed E-state index contributed by atoms with van der Waals surface area (Å²) in [5.74, 6) is 0.513. The summed E-state index contributed by atoms with van der Waals surface area (Å²) in [5, 5.41) is 16.8. The lowest BCUT2D eigenvalue weighted by atomic mass is 9.92. The molecule has 1 aliphatic rings. The van der Waals surface area contributed by atoms with Crippen molar-refractivity contribution in [1.29, 1.82) is 0 Å². The molecular formula is C18H17FN6O3. The van der Waals surface area contributed by atoms with Crippen LogP contribution in [-0.4, -0.2) is 54.8 Å². The number of carboxylic acid groups (broad SMARTS) is 1. The van der Waals surface area contributed by atoms with E-state index in [1.54, 1.807) is 29.1 Å². The van der Waals surface area contributed by atoms with Gasteiger partial charge in [0.05, 0.1) is 30.0 Å². The number of alkyl halides is 1. The number of nitrogens with one attached hydrogen (secondary N) is 1. The zero-order valence-electron chi connectivity index (χ0n) is 15.2. The highest BCUT2D eigenvalue weighted by atomic mass is 19.1. The van der Waals surface area contributed by atoms with E-state index >= 15 is 4.39 Å². The summed E-state index contributed by atoms with van der Waals surface area (Å²) in [4.78, 5) is 31.8. The number of pyridine rings is 2. The van der Waals surface area contributed by atoms with Gasteiger partial charge in [0.1, 0.15) is 5.82 Å². The van der Waals surface area contributed by atoms with Crippen LogP contribution >= 0.6 is 0 Å². The number of hydrogen-bond acceptors (Lipinski definition) is 5. The van der Waals surface area contributed by atoms with Crippen LogP contribution in [0.25, 0.3) is 16.7 Å². The second-order valence-corrected chi connectivity index (χ2v) is 6.75. The third-order valence-corrected chi connectivity index (χ3v) is 4.62. The minimum absolute atomic E-state index is 0.153. The van der Waals surface area contributed by atoms with Crippen molar-refractivity contribution in [2.24, 2.45) is 0 Å². The molecular weight excluding hydrogens is 367 g/mol. The van der Waals surface area contributed by atoms with Crippen molar-refractivity contribution in [3.05, 3.63) is 41.9 Å². The van der Waals surface area contributed by atoms with Gasteiger partial charge in [0.15, 0.2) is 11.5 Å². The Labute approximate surface area is 158 Å². The Hall–Kier alpha value is -3.56. The van der Waals surface area contributed by atoms with Crippen molar-refractivity contribution in [3.8, 4) is 5.82 Å². The molecule has 0 atom stereocenters. The lowest BCUT2D eigenvalue weighted by molar-refractivity contribution is -0.114. The number of anilines is 1. The van der Waals surface area contributed by atoms with E-state index in [4.69, 9.17) is 5.11 Å². The van der Waals surface area contributed by atoms with Gasteiger partial charge in [-0.15, -0.1) is 0 Å². The van der Waals surface area contributed by atoms with Crippen LogP contribution in [0.3, 0.4) is 0 Å². The molecule has 0 spiro atoms. The number of aromatic nitrogens is 4. The maximum absolute atomic E-state index is 15.0. The lowest BCUT2D eigenvalue weighted by Crippen LogP contribution is -2.58. The molecule has 1 saturated heterocycles. The summed E-state index contributed by atoms with van der Waals surface area (Å²) in [6.07, 6.45) is 0.451. The molecule has 3 aromatic rings. The van der Waals surface area contributed by atoms with Crippen molar-refractivity contribution in [3.63, 3.8) is 0 Å². The van der Waals surface area contributed by atoms with E-state index in [1.807, 2.05) is 6.92 Å². The van der Waals surface area contributed by atoms with Crippen molar-refractivity contribution in [1.82, 2.24) is 24.6 Å². The Morgan fingerprint density at radius 2 is 2.07 bits per heavy atom. The van der Waals surface area contributed by atoms with Crippen molar-refractivity contribution < 1.29 is 19.1 Å². The Morgan fingerprint density at radius 3 is 2.75 bits per heavy atom. The number of aryl methyl sites for hydroxylation is 1. The van der Waals surface area contributed by atoms with Gasteiger partial charge in [0.2, 0.25) is 5.91 Å². The van der Waals surface area contributed by atoms with Crippen molar-refractivity contribution in [2.75, 3.05) is 18.4 Å². The monoisotopic (exact) mass is 384 g/mol. The molecule has 28 heavy (non-hydrogen) atoms. The second kappa shape index (κ2) is 6.25. The highest BCUT2D eigenvalue weighted by Crippen LogP contribution is 2.35. The molecule has 0 aromatic carbocycles. The minimum Gasteiger partial charge on any atom is -0.465 e. The van der Waals surface area contributed by atoms with E-state index in [9.17, 15) is 9.59 Å². The Bertz CT molecular complexity index is 1110. The number of hydrogen-bond donors (Lipinski definition) is 2. The van der Waals surface area contributed by atoms with E-state index in [0.717, 1.165) is 10.3 Å². The molecule has 1 aliphatic heterocycles. The first-order chi connectivity index (χ1) is 13.3. The molecule has 2 N–H and O–H groups in total. The van der Waals surface area contributed by atoms with Gasteiger partial charge in [-0.3, -0.25) is 4.79 Å². The number of carbonyl (C=O) groups is 2. The molecule has 144 valence electrons. The SMILES string of the molecule is CC(=O)Nc1cc2c(cn1)c(C)nn2-c1cccc(C2(F)CN(C(=O)O)C2)n1. The number of fused-ring (bicyclic) bond motifs is 1. The predicted molar refractivity (Wildman–Crippen MR) is 98.1 cm³/mol. The van der Waals surface area contributed by atoms with Crippen LogP contribution in [0.4, 0.5) is 15.0 Å². The van der Waals surface area contributed by atoms with E-state index in [1.165, 1.54) is 13.0 Å². The largest absolute Gasteiger partial charge is 0.465 e. The van der Waals surface area contributed by atoms with Gasteiger partial charge < -0.3 is 15.3 Å². The molecule has 4 rings (SSSR count). The zero-order valence-corrected chi connectivity index (χ0v) is 15.2. The first kappa shape index (κ1) is 17.8. The molecule has 0 unspecified atom stereocenters. The zero-order chi connectivity index (χ0) is 20.1. The van der Waals surface area contributed by atoms with Crippen molar-refractivity contribution in [2.45, 2.75) is 19.5 Å². The summed E-state index contributed by atoms with van der Waals surface area (Å²) in [5.41, 5.74) is -0.302. The summed E-state index contributed by atoms with van der Waals surface area (Å²) in [6, 6.07) is 6.55. The standard InChI is InChI=1S/C18H17FN6O3/c1-10-12-7-20-15(21-11(2)26)6-13(12)25(23-10)16-5-3-4-14(22-16)18(19)8-24(9-18)17(27)28/h3-7H,8-9H2,1-2H3,(H,27,28)(H,20,21,26). The van der Waals surface area contributed by atoms with Crippen LogP contribution in [0.1, 0.15) is 18.3 Å². The summed E-state index contributed by atoms with van der Waals surface area (Å²) >= 11 is 0. The van der Waals surface area contributed by atoms with Gasteiger partial charge in [-0.1, -0.05) is 6.07 Å². The third-order valence-electron chi connectivity index (χ3n) is 4.62. The van der Waals surface area contributed by atoms with Gasteiger partial charge in [-0.25, -0.2) is 23.8 Å². The summed E-state index contributed by atoms with van der Waals surface area (Å²) < 4.78 is 16.6. The van der Waals surface area contributed by atoms with E-state index in [-0.39, 0.29) is 24.7 Å². The van der Waals surface area contributed by atoms with E-state index < -0.39 is 11.8 Å². The fourth-order valence-corrected chi connectivity index (χ4v) is 3.23. The predicted octanol–water partition coefficient (Wildman–Crippen LogP) is 2.24. The highest BCUT2D eigenvalue weighted by Gasteiger charge is 2.48. The van der Waals surface area contributed by atoms with Gasteiger partial charge in [0, 0.05) is 24.6 Å². The van der Waals surface area contributed by atoms with E-state index in [0.29, 0.717) is 22.8 Å². The van der Waals surface area contributed by atoms with Crippen LogP contribution in [0.5, 0.6) is 0 Å². The molecule has 3 aromatic heterocycles. The van der Waals surface area contributed by atoms with Gasteiger partial charge in [-0.05, 0) is 19.1 Å². The van der Waals surface area contributed by atoms with E-state index in [2.05, 4.69) is 20.4 Å². The second-order valence-electron chi connectivity index (χ2n) is 6.75. The van der Waals surface area contributed by atoms with Gasteiger partial charge in [0.25, 0.3) is 0 Å². The van der Waals surface area contributed by atoms with Crippen LogP contribution in [0.2, 0.25) is 0 Å². The molecule has 4 heterocycles. The van der Waals surface area contributed by atoms with Crippen LogP contribution in [0, 0.1) is 6.92 Å². The van der Waals surface area contributed by atoms with Crippen LogP contribution < -0.4 is 5.32 Å². The molecule has 0 bridgehead atoms. The van der Waals surface area contributed by atoms with Gasteiger partial charge in [-0.2, -0.15) is 5.10 Å². The van der Waals surface area contributed by atoms with Gasteiger partial charge >= 0.3 is 6.09 Å². The smallest absolute Gasteiger partial charge is 0.407 e.